The molecular weight excluding hydrogens is 485 g/mol. The summed E-state index contributed by atoms with van der Waals surface area (Å²) in [6.45, 7) is 6.34. The van der Waals surface area contributed by atoms with E-state index in [1.807, 2.05) is 20.8 Å². The van der Waals surface area contributed by atoms with Gasteiger partial charge in [-0.2, -0.15) is 0 Å². The molecule has 1 saturated heterocycles. The second kappa shape index (κ2) is 10.3. The Morgan fingerprint density at radius 2 is 1.81 bits per heavy atom. The minimum atomic E-state index is -0.302. The number of hydrogen-bond donors (Lipinski definition) is 0. The van der Waals surface area contributed by atoms with E-state index in [1.165, 1.54) is 17.0 Å². The molecule has 1 atom stereocenters. The van der Waals surface area contributed by atoms with Crippen molar-refractivity contribution in [3.8, 4) is 11.5 Å². The highest BCUT2D eigenvalue weighted by Gasteiger charge is 2.37. The molecule has 2 amide bonds. The first kappa shape index (κ1) is 23.3. The topological polar surface area (TPSA) is 55.8 Å². The van der Waals surface area contributed by atoms with Gasteiger partial charge in [0.1, 0.15) is 12.4 Å². The summed E-state index contributed by atoms with van der Waals surface area (Å²) in [4.78, 5) is 26.7. The van der Waals surface area contributed by atoms with Crippen LogP contribution in [0.3, 0.4) is 0 Å². The van der Waals surface area contributed by atoms with E-state index in [9.17, 15) is 14.0 Å². The van der Waals surface area contributed by atoms with E-state index in [1.54, 1.807) is 30.3 Å². The van der Waals surface area contributed by atoms with Crippen LogP contribution in [0.25, 0.3) is 6.08 Å². The Morgan fingerprint density at radius 3 is 2.45 bits per heavy atom. The van der Waals surface area contributed by atoms with Crippen LogP contribution < -0.4 is 9.47 Å². The molecule has 2 aromatic rings. The molecule has 0 N–H and O–H groups in total. The van der Waals surface area contributed by atoms with Gasteiger partial charge in [0, 0.05) is 10.5 Å². The fourth-order valence-corrected chi connectivity index (χ4v) is 4.33. The van der Waals surface area contributed by atoms with Crippen LogP contribution in [0.1, 0.15) is 38.3 Å². The molecule has 1 aliphatic rings. The van der Waals surface area contributed by atoms with Crippen LogP contribution >= 0.6 is 27.7 Å². The molecule has 0 unspecified atom stereocenters. The number of amides is 2. The van der Waals surface area contributed by atoms with Crippen LogP contribution in [-0.2, 0) is 11.4 Å². The Hall–Kier alpha value is -2.32. The van der Waals surface area contributed by atoms with Crippen LogP contribution in [0.5, 0.6) is 11.5 Å². The monoisotopic (exact) mass is 507 g/mol. The Kier molecular flexibility index (Phi) is 7.78. The lowest BCUT2D eigenvalue weighted by Crippen LogP contribution is -2.36. The van der Waals surface area contributed by atoms with E-state index in [4.69, 9.17) is 9.47 Å². The fraction of sp³-hybridized carbons (Fsp3) is 0.304. The van der Waals surface area contributed by atoms with Gasteiger partial charge in [-0.25, -0.2) is 4.39 Å². The van der Waals surface area contributed by atoms with Crippen molar-refractivity contribution in [2.75, 3.05) is 6.61 Å². The molecule has 0 aliphatic carbocycles. The number of hydrogen-bond acceptors (Lipinski definition) is 5. The van der Waals surface area contributed by atoms with Crippen LogP contribution in [0, 0.1) is 5.82 Å². The van der Waals surface area contributed by atoms with Gasteiger partial charge in [0.25, 0.3) is 11.1 Å². The van der Waals surface area contributed by atoms with Crippen molar-refractivity contribution >= 4 is 44.9 Å². The molecule has 2 aromatic carbocycles. The third kappa shape index (κ3) is 5.49. The number of ether oxygens (including phenoxy) is 2. The fourth-order valence-electron chi connectivity index (χ4n) is 2.97. The molecule has 8 heteroatoms. The maximum atomic E-state index is 13.1. The third-order valence-corrected chi connectivity index (χ3v) is 6.38. The molecule has 0 radical (unpaired) electrons. The predicted octanol–water partition coefficient (Wildman–Crippen LogP) is 6.40. The van der Waals surface area contributed by atoms with Gasteiger partial charge in [-0.15, -0.1) is 0 Å². The number of imide groups is 1. The number of carbonyl (C=O) groups excluding carboxylic acids is 2. The lowest BCUT2D eigenvalue weighted by molar-refractivity contribution is -0.124. The highest BCUT2D eigenvalue weighted by atomic mass is 79.9. The number of rotatable bonds is 8. The van der Waals surface area contributed by atoms with Gasteiger partial charge in [0.2, 0.25) is 0 Å². The highest BCUT2D eigenvalue weighted by molar-refractivity contribution is 9.10. The predicted molar refractivity (Wildman–Crippen MR) is 124 cm³/mol. The van der Waals surface area contributed by atoms with E-state index < -0.39 is 0 Å². The Labute approximate surface area is 193 Å². The largest absolute Gasteiger partial charge is 0.490 e. The van der Waals surface area contributed by atoms with Crippen molar-refractivity contribution in [2.45, 2.75) is 39.8 Å². The Balaban J connectivity index is 1.86. The average molecular weight is 508 g/mol. The van der Waals surface area contributed by atoms with E-state index >= 15 is 0 Å². The smallest absolute Gasteiger partial charge is 0.293 e. The Bertz CT molecular complexity index is 1010. The maximum Gasteiger partial charge on any atom is 0.293 e. The highest BCUT2D eigenvalue weighted by Crippen LogP contribution is 2.39. The number of benzene rings is 2. The lowest BCUT2D eigenvalue weighted by Gasteiger charge is -2.19. The standard InChI is InChI=1S/C23H23BrFNO4S/c1-4-14(3)26-22(27)21(31-23(26)28)11-16-10-19(29-5-2)20(12-18(16)24)30-13-15-6-8-17(25)9-7-15/h6-12,14H,4-5,13H2,1-3H3/b21-11+/t14-/m0/s1. The van der Waals surface area contributed by atoms with Crippen molar-refractivity contribution in [1.82, 2.24) is 4.90 Å². The summed E-state index contributed by atoms with van der Waals surface area (Å²) < 4.78 is 25.4. The van der Waals surface area contributed by atoms with Gasteiger partial charge in [0.15, 0.2) is 11.5 Å². The minimum absolute atomic E-state index is 0.150. The van der Waals surface area contributed by atoms with E-state index in [2.05, 4.69) is 15.9 Å². The quantitative estimate of drug-likeness (QED) is 0.387. The Morgan fingerprint density at radius 1 is 1.13 bits per heavy atom. The summed E-state index contributed by atoms with van der Waals surface area (Å²) in [6, 6.07) is 9.47. The molecule has 5 nitrogen and oxygen atoms in total. The first-order valence-corrected chi connectivity index (χ1v) is 11.6. The number of carbonyl (C=O) groups is 2. The zero-order valence-electron chi connectivity index (χ0n) is 17.5. The van der Waals surface area contributed by atoms with E-state index in [-0.39, 0.29) is 29.6 Å². The molecule has 1 fully saturated rings. The SMILES string of the molecule is CCOc1cc(/C=C2/SC(=O)N([C@@H](C)CC)C2=O)c(Br)cc1OCc1ccc(F)cc1. The van der Waals surface area contributed by atoms with Crippen LogP contribution in [0.15, 0.2) is 45.8 Å². The van der Waals surface area contributed by atoms with E-state index in [0.29, 0.717) is 39.5 Å². The molecule has 0 spiro atoms. The van der Waals surface area contributed by atoms with Gasteiger partial charge in [-0.05, 0) is 73.5 Å². The molecule has 0 aromatic heterocycles. The second-order valence-electron chi connectivity index (χ2n) is 6.98. The maximum absolute atomic E-state index is 13.1. The van der Waals surface area contributed by atoms with Gasteiger partial charge in [0.05, 0.1) is 11.5 Å². The normalized spacial score (nSPS) is 16.2. The summed E-state index contributed by atoms with van der Waals surface area (Å²) >= 11 is 4.46. The number of nitrogens with zero attached hydrogens (tertiary/aromatic N) is 1. The summed E-state index contributed by atoms with van der Waals surface area (Å²) in [7, 11) is 0. The second-order valence-corrected chi connectivity index (χ2v) is 8.83. The lowest BCUT2D eigenvalue weighted by atomic mass is 10.1. The van der Waals surface area contributed by atoms with E-state index in [0.717, 1.165) is 17.3 Å². The molecule has 31 heavy (non-hydrogen) atoms. The molecule has 3 rings (SSSR count). The molecular formula is C23H23BrFNO4S. The van der Waals surface area contributed by atoms with Crippen molar-refractivity contribution < 1.29 is 23.5 Å². The van der Waals surface area contributed by atoms with Crippen LogP contribution in [0.2, 0.25) is 0 Å². The van der Waals surface area contributed by atoms with Crippen molar-refractivity contribution in [1.29, 1.82) is 0 Å². The van der Waals surface area contributed by atoms with Crippen molar-refractivity contribution in [3.05, 3.63) is 62.7 Å². The van der Waals surface area contributed by atoms with Crippen LogP contribution in [0.4, 0.5) is 9.18 Å². The van der Waals surface area contributed by atoms with Gasteiger partial charge < -0.3 is 9.47 Å². The molecule has 1 heterocycles. The molecule has 1 aliphatic heterocycles. The summed E-state index contributed by atoms with van der Waals surface area (Å²) in [5, 5.41) is -0.258. The summed E-state index contributed by atoms with van der Waals surface area (Å²) in [5.74, 6) is 0.442. The third-order valence-electron chi connectivity index (χ3n) is 4.81. The molecule has 164 valence electrons. The minimum Gasteiger partial charge on any atom is -0.490 e. The van der Waals surface area contributed by atoms with Crippen LogP contribution in [-0.4, -0.2) is 28.7 Å². The number of thioether (sulfide) groups is 1. The zero-order valence-corrected chi connectivity index (χ0v) is 19.9. The number of halogens is 2. The first-order chi connectivity index (χ1) is 14.8. The van der Waals surface area contributed by atoms with Gasteiger partial charge >= 0.3 is 0 Å². The van der Waals surface area contributed by atoms with Gasteiger partial charge in [-0.1, -0.05) is 35.0 Å². The summed E-state index contributed by atoms with van der Waals surface area (Å²) in [6.07, 6.45) is 2.38. The summed E-state index contributed by atoms with van der Waals surface area (Å²) in [5.41, 5.74) is 1.52. The molecule has 0 bridgehead atoms. The molecule has 0 saturated carbocycles. The van der Waals surface area contributed by atoms with Gasteiger partial charge in [-0.3, -0.25) is 14.5 Å². The van der Waals surface area contributed by atoms with Crippen molar-refractivity contribution in [3.63, 3.8) is 0 Å². The zero-order chi connectivity index (χ0) is 22.5. The first-order valence-electron chi connectivity index (χ1n) is 9.94. The average Bonchev–Trinajstić information content (AvgIpc) is 3.03. The van der Waals surface area contributed by atoms with Crippen molar-refractivity contribution in [2.24, 2.45) is 0 Å².